The van der Waals surface area contributed by atoms with E-state index in [2.05, 4.69) is 77.8 Å². The van der Waals surface area contributed by atoms with Crippen molar-refractivity contribution in [2.75, 3.05) is 0 Å². The summed E-state index contributed by atoms with van der Waals surface area (Å²) in [7, 11) is 0. The number of fused-ring (bicyclic) bond motifs is 2. The number of hydrogen-bond acceptors (Lipinski definition) is 1. The molecule has 0 saturated heterocycles. The van der Waals surface area contributed by atoms with Crippen molar-refractivity contribution in [3.8, 4) is 11.3 Å². The highest BCUT2D eigenvalue weighted by molar-refractivity contribution is 5.97. The molecule has 0 atom stereocenters. The van der Waals surface area contributed by atoms with Crippen LogP contribution in [0.3, 0.4) is 0 Å². The van der Waals surface area contributed by atoms with Crippen molar-refractivity contribution in [1.29, 1.82) is 0 Å². The molecule has 94 valence electrons. The summed E-state index contributed by atoms with van der Waals surface area (Å²) in [5, 5.41) is 4.94. The third kappa shape index (κ3) is 1.76. The Hall–Kier alpha value is -2.67. The quantitative estimate of drug-likeness (QED) is 0.463. The predicted octanol–water partition coefficient (Wildman–Crippen LogP) is 5.06. The van der Waals surface area contributed by atoms with Crippen LogP contribution in [-0.4, -0.2) is 4.98 Å². The summed E-state index contributed by atoms with van der Waals surface area (Å²) in [4.78, 5) is 4.58. The summed E-state index contributed by atoms with van der Waals surface area (Å²) in [6, 6.07) is 25.4. The Morgan fingerprint density at radius 3 is 2.25 bits per heavy atom. The van der Waals surface area contributed by atoms with Crippen molar-refractivity contribution >= 4 is 21.5 Å². The van der Waals surface area contributed by atoms with Gasteiger partial charge in [0.1, 0.15) is 0 Å². The van der Waals surface area contributed by atoms with E-state index in [0.717, 1.165) is 5.69 Å². The van der Waals surface area contributed by atoms with Gasteiger partial charge >= 0.3 is 0 Å². The lowest BCUT2D eigenvalue weighted by Gasteiger charge is -2.07. The van der Waals surface area contributed by atoms with Crippen LogP contribution in [0.25, 0.3) is 32.8 Å². The van der Waals surface area contributed by atoms with Crippen molar-refractivity contribution in [3.05, 3.63) is 79.0 Å². The fraction of sp³-hybridized carbons (Fsp3) is 0. The molecular weight excluding hydrogens is 242 g/mol. The minimum atomic E-state index is 1.05. The Balaban J connectivity index is 2.01. The molecule has 0 aliphatic rings. The van der Waals surface area contributed by atoms with Gasteiger partial charge in [-0.1, -0.05) is 60.7 Å². The first-order valence-electron chi connectivity index (χ1n) is 6.75. The van der Waals surface area contributed by atoms with Crippen molar-refractivity contribution in [3.63, 3.8) is 0 Å². The molecule has 0 radical (unpaired) electrons. The maximum Gasteiger partial charge on any atom is 0.0780 e. The smallest absolute Gasteiger partial charge is 0.0780 e. The normalized spacial score (nSPS) is 11.0. The van der Waals surface area contributed by atoms with Crippen LogP contribution in [0.15, 0.2) is 79.0 Å². The average molecular weight is 255 g/mol. The van der Waals surface area contributed by atoms with Gasteiger partial charge in [0, 0.05) is 17.1 Å². The molecule has 0 amide bonds. The molecule has 4 aromatic rings. The molecule has 1 heterocycles. The molecule has 1 nitrogen and oxygen atoms in total. The van der Waals surface area contributed by atoms with Crippen LogP contribution in [0.1, 0.15) is 0 Å². The lowest BCUT2D eigenvalue weighted by atomic mass is 10.0. The van der Waals surface area contributed by atoms with Crippen LogP contribution in [0.2, 0.25) is 0 Å². The minimum absolute atomic E-state index is 1.05. The van der Waals surface area contributed by atoms with Crippen LogP contribution < -0.4 is 0 Å². The second kappa shape index (κ2) is 4.46. The Bertz CT molecular complexity index is 904. The zero-order valence-electron chi connectivity index (χ0n) is 11.0. The van der Waals surface area contributed by atoms with Gasteiger partial charge in [0.15, 0.2) is 0 Å². The van der Waals surface area contributed by atoms with Gasteiger partial charge in [-0.2, -0.15) is 0 Å². The Kier molecular flexibility index (Phi) is 2.49. The van der Waals surface area contributed by atoms with Crippen molar-refractivity contribution in [1.82, 2.24) is 4.98 Å². The topological polar surface area (TPSA) is 12.9 Å². The highest BCUT2D eigenvalue weighted by Crippen LogP contribution is 2.28. The van der Waals surface area contributed by atoms with Crippen molar-refractivity contribution < 1.29 is 0 Å². The zero-order valence-corrected chi connectivity index (χ0v) is 11.0. The van der Waals surface area contributed by atoms with Crippen LogP contribution >= 0.6 is 0 Å². The van der Waals surface area contributed by atoms with E-state index in [1.54, 1.807) is 0 Å². The summed E-state index contributed by atoms with van der Waals surface area (Å²) in [6.45, 7) is 0. The van der Waals surface area contributed by atoms with E-state index in [1.165, 1.54) is 27.1 Å². The first-order valence-corrected chi connectivity index (χ1v) is 6.75. The van der Waals surface area contributed by atoms with E-state index in [-0.39, 0.29) is 0 Å². The van der Waals surface area contributed by atoms with E-state index in [9.17, 15) is 0 Å². The molecule has 1 heteroatoms. The van der Waals surface area contributed by atoms with Gasteiger partial charge in [0.05, 0.1) is 5.69 Å². The number of benzene rings is 3. The van der Waals surface area contributed by atoms with Gasteiger partial charge in [0.25, 0.3) is 0 Å². The molecular formula is C19H13N. The SMILES string of the molecule is c1ccc2cc(-c3nccc4ccccc34)ccc2c1. The van der Waals surface area contributed by atoms with E-state index in [0.29, 0.717) is 0 Å². The molecule has 0 N–H and O–H groups in total. The maximum absolute atomic E-state index is 4.58. The number of aromatic nitrogens is 1. The second-order valence-corrected chi connectivity index (χ2v) is 4.94. The summed E-state index contributed by atoms with van der Waals surface area (Å²) in [5.41, 5.74) is 2.22. The summed E-state index contributed by atoms with van der Waals surface area (Å²) < 4.78 is 0. The van der Waals surface area contributed by atoms with Gasteiger partial charge in [-0.15, -0.1) is 0 Å². The zero-order chi connectivity index (χ0) is 13.4. The lowest BCUT2D eigenvalue weighted by Crippen LogP contribution is -1.86. The average Bonchev–Trinajstić information content (AvgIpc) is 2.54. The van der Waals surface area contributed by atoms with Crippen LogP contribution in [0.5, 0.6) is 0 Å². The third-order valence-electron chi connectivity index (χ3n) is 3.70. The molecule has 4 rings (SSSR count). The van der Waals surface area contributed by atoms with Gasteiger partial charge in [-0.3, -0.25) is 4.98 Å². The monoisotopic (exact) mass is 255 g/mol. The molecule has 0 aliphatic heterocycles. The van der Waals surface area contributed by atoms with Gasteiger partial charge in [-0.25, -0.2) is 0 Å². The summed E-state index contributed by atoms with van der Waals surface area (Å²) in [6.07, 6.45) is 1.88. The molecule has 20 heavy (non-hydrogen) atoms. The Labute approximate surface area is 117 Å². The van der Waals surface area contributed by atoms with Crippen molar-refractivity contribution in [2.45, 2.75) is 0 Å². The summed E-state index contributed by atoms with van der Waals surface area (Å²) >= 11 is 0. The molecule has 0 unspecified atom stereocenters. The molecule has 1 aromatic heterocycles. The molecule has 0 spiro atoms. The number of rotatable bonds is 1. The van der Waals surface area contributed by atoms with Gasteiger partial charge in [0.2, 0.25) is 0 Å². The molecule has 0 saturated carbocycles. The van der Waals surface area contributed by atoms with Crippen LogP contribution in [0, 0.1) is 0 Å². The van der Waals surface area contributed by atoms with Gasteiger partial charge in [-0.05, 0) is 28.3 Å². The van der Waals surface area contributed by atoms with Crippen LogP contribution in [-0.2, 0) is 0 Å². The molecule has 0 aliphatic carbocycles. The summed E-state index contributed by atoms with van der Waals surface area (Å²) in [5.74, 6) is 0. The molecule has 3 aromatic carbocycles. The first-order chi connectivity index (χ1) is 9.92. The lowest BCUT2D eigenvalue weighted by molar-refractivity contribution is 1.36. The van der Waals surface area contributed by atoms with E-state index in [1.807, 2.05) is 6.20 Å². The third-order valence-corrected chi connectivity index (χ3v) is 3.70. The largest absolute Gasteiger partial charge is 0.256 e. The fourth-order valence-electron chi connectivity index (χ4n) is 2.69. The maximum atomic E-state index is 4.58. The van der Waals surface area contributed by atoms with Gasteiger partial charge < -0.3 is 0 Å². The van der Waals surface area contributed by atoms with Crippen molar-refractivity contribution in [2.24, 2.45) is 0 Å². The Morgan fingerprint density at radius 1 is 0.600 bits per heavy atom. The second-order valence-electron chi connectivity index (χ2n) is 4.94. The molecule has 0 fully saturated rings. The van der Waals surface area contributed by atoms with E-state index >= 15 is 0 Å². The van der Waals surface area contributed by atoms with E-state index < -0.39 is 0 Å². The van der Waals surface area contributed by atoms with Crippen LogP contribution in [0.4, 0.5) is 0 Å². The predicted molar refractivity (Wildman–Crippen MR) is 84.7 cm³/mol. The number of pyridine rings is 1. The highest BCUT2D eigenvalue weighted by atomic mass is 14.7. The first kappa shape index (κ1) is 11.2. The minimum Gasteiger partial charge on any atom is -0.256 e. The number of hydrogen-bond donors (Lipinski definition) is 0. The van der Waals surface area contributed by atoms with E-state index in [4.69, 9.17) is 0 Å². The molecule has 0 bridgehead atoms. The Morgan fingerprint density at radius 2 is 1.35 bits per heavy atom. The highest BCUT2D eigenvalue weighted by Gasteiger charge is 2.05. The number of nitrogens with zero attached hydrogens (tertiary/aromatic N) is 1. The fourth-order valence-corrected chi connectivity index (χ4v) is 2.69. The standard InChI is InChI=1S/C19H13N/c1-2-7-16-13-17(10-9-14(16)5-1)19-18-8-4-3-6-15(18)11-12-20-19/h1-13H.